The number of fused-ring (bicyclic) bond motifs is 1. The number of nitrogens with zero attached hydrogens (tertiary/aromatic N) is 2. The van der Waals surface area contributed by atoms with E-state index in [1.165, 1.54) is 5.56 Å². The number of unbranched alkanes of at least 4 members (excludes halogenated alkanes) is 1. The van der Waals surface area contributed by atoms with Gasteiger partial charge in [0, 0.05) is 50.1 Å². The molecular weight excluding hydrogens is 412 g/mol. The van der Waals surface area contributed by atoms with E-state index in [1.54, 1.807) is 0 Å². The lowest BCUT2D eigenvalue weighted by Crippen LogP contribution is -2.48. The van der Waals surface area contributed by atoms with Crippen LogP contribution in [0.4, 0.5) is 4.79 Å². The van der Waals surface area contributed by atoms with Crippen molar-refractivity contribution < 1.29 is 14.3 Å². The van der Waals surface area contributed by atoms with E-state index < -0.39 is 0 Å². The highest BCUT2D eigenvalue weighted by Gasteiger charge is 2.42. The maximum atomic E-state index is 12.6. The van der Waals surface area contributed by atoms with Gasteiger partial charge in [0.25, 0.3) is 0 Å². The van der Waals surface area contributed by atoms with Crippen molar-refractivity contribution in [1.29, 1.82) is 0 Å². The summed E-state index contributed by atoms with van der Waals surface area (Å²) in [6.07, 6.45) is 3.67. The largest absolute Gasteiger partial charge is 0.494 e. The van der Waals surface area contributed by atoms with Crippen LogP contribution >= 0.6 is 11.8 Å². The fourth-order valence-electron chi connectivity index (χ4n) is 4.69. The Kier molecular flexibility index (Phi) is 7.61. The van der Waals surface area contributed by atoms with E-state index in [0.717, 1.165) is 63.5 Å². The zero-order valence-corrected chi connectivity index (χ0v) is 19.2. The highest BCUT2D eigenvalue weighted by Crippen LogP contribution is 2.33. The number of nitrogens with one attached hydrogen (secondary N) is 2. The molecule has 1 aromatic rings. The highest BCUT2D eigenvalue weighted by atomic mass is 32.2. The first kappa shape index (κ1) is 22.3. The Bertz CT molecular complexity index is 752. The second kappa shape index (κ2) is 10.6. The minimum Gasteiger partial charge on any atom is -0.494 e. The summed E-state index contributed by atoms with van der Waals surface area (Å²) in [7, 11) is 0. The van der Waals surface area contributed by atoms with Crippen LogP contribution in [-0.4, -0.2) is 77.6 Å². The molecule has 170 valence electrons. The van der Waals surface area contributed by atoms with Crippen LogP contribution in [0.5, 0.6) is 5.75 Å². The van der Waals surface area contributed by atoms with E-state index in [-0.39, 0.29) is 24.0 Å². The third-order valence-corrected chi connectivity index (χ3v) is 7.94. The molecule has 0 saturated carbocycles. The van der Waals surface area contributed by atoms with Crippen LogP contribution in [0.25, 0.3) is 0 Å². The summed E-state index contributed by atoms with van der Waals surface area (Å²) in [5, 5.41) is 6.50. The summed E-state index contributed by atoms with van der Waals surface area (Å²) in [6.45, 7) is 7.07. The van der Waals surface area contributed by atoms with Gasteiger partial charge in [0.15, 0.2) is 0 Å². The number of urea groups is 1. The fourth-order valence-corrected chi connectivity index (χ4v) is 6.24. The van der Waals surface area contributed by atoms with Crippen LogP contribution in [0.2, 0.25) is 0 Å². The zero-order valence-electron chi connectivity index (χ0n) is 18.3. The summed E-state index contributed by atoms with van der Waals surface area (Å²) < 4.78 is 5.50. The summed E-state index contributed by atoms with van der Waals surface area (Å²) in [5.74, 6) is 2.19. The van der Waals surface area contributed by atoms with Gasteiger partial charge in [0.1, 0.15) is 5.75 Å². The lowest BCUT2D eigenvalue weighted by Gasteiger charge is -2.35. The van der Waals surface area contributed by atoms with Crippen LogP contribution in [0.1, 0.15) is 38.2 Å². The molecule has 3 heterocycles. The van der Waals surface area contributed by atoms with Crippen molar-refractivity contribution in [3.63, 3.8) is 0 Å². The van der Waals surface area contributed by atoms with Crippen molar-refractivity contribution in [2.45, 2.75) is 56.5 Å². The minimum atomic E-state index is -0.0304. The third-order valence-electron chi connectivity index (χ3n) is 6.43. The molecule has 3 unspecified atom stereocenters. The Morgan fingerprint density at radius 3 is 2.65 bits per heavy atom. The summed E-state index contributed by atoms with van der Waals surface area (Å²) in [4.78, 5) is 28.5. The molecule has 0 aromatic heterocycles. The first-order chi connectivity index (χ1) is 15.1. The summed E-state index contributed by atoms with van der Waals surface area (Å²) in [6, 6.07) is 8.82. The van der Waals surface area contributed by atoms with Gasteiger partial charge >= 0.3 is 6.03 Å². The smallest absolute Gasteiger partial charge is 0.315 e. The van der Waals surface area contributed by atoms with Crippen LogP contribution < -0.4 is 15.4 Å². The molecule has 3 amide bonds. The predicted octanol–water partition coefficient (Wildman–Crippen LogP) is 2.46. The first-order valence-electron chi connectivity index (χ1n) is 11.5. The average molecular weight is 447 g/mol. The van der Waals surface area contributed by atoms with Crippen molar-refractivity contribution >= 4 is 23.7 Å². The van der Waals surface area contributed by atoms with Gasteiger partial charge in [0.05, 0.1) is 18.7 Å². The Labute approximate surface area is 189 Å². The molecule has 3 aliphatic rings. The van der Waals surface area contributed by atoms with Gasteiger partial charge in [-0.3, -0.25) is 9.69 Å². The number of benzene rings is 1. The third kappa shape index (κ3) is 5.86. The van der Waals surface area contributed by atoms with Gasteiger partial charge in [-0.05, 0) is 37.5 Å². The number of carbonyl (C=O) groups excluding carboxylic acids is 2. The molecule has 0 radical (unpaired) electrons. The molecule has 31 heavy (non-hydrogen) atoms. The number of amides is 3. The van der Waals surface area contributed by atoms with Crippen molar-refractivity contribution in [2.24, 2.45) is 0 Å². The zero-order chi connectivity index (χ0) is 21.6. The van der Waals surface area contributed by atoms with Gasteiger partial charge in [-0.1, -0.05) is 18.6 Å². The second-order valence-electron chi connectivity index (χ2n) is 8.60. The molecule has 8 heteroatoms. The highest BCUT2D eigenvalue weighted by molar-refractivity contribution is 8.00. The number of thioether (sulfide) groups is 1. The molecule has 3 saturated heterocycles. The molecule has 1 aromatic carbocycles. The maximum Gasteiger partial charge on any atom is 0.315 e. The number of piperazine rings is 1. The Hall–Kier alpha value is -1.93. The molecule has 4 rings (SSSR count). The fraction of sp³-hybridized carbons (Fsp3) is 0.652. The van der Waals surface area contributed by atoms with E-state index in [1.807, 2.05) is 35.7 Å². The SMILES string of the molecule is CCOc1ccc(CN2CCN(C(=O)CCCCC3SCC4NC(=O)NC43)CC2)cc1. The Balaban J connectivity index is 1.11. The molecule has 7 nitrogen and oxygen atoms in total. The van der Waals surface area contributed by atoms with Crippen LogP contribution in [0, 0.1) is 0 Å². The van der Waals surface area contributed by atoms with Gasteiger partial charge < -0.3 is 20.3 Å². The van der Waals surface area contributed by atoms with E-state index in [2.05, 4.69) is 27.7 Å². The Morgan fingerprint density at radius 1 is 1.13 bits per heavy atom. The van der Waals surface area contributed by atoms with Crippen LogP contribution in [0.15, 0.2) is 24.3 Å². The van der Waals surface area contributed by atoms with Crippen LogP contribution in [-0.2, 0) is 11.3 Å². The molecule has 3 fully saturated rings. The van der Waals surface area contributed by atoms with Gasteiger partial charge in [-0.2, -0.15) is 11.8 Å². The van der Waals surface area contributed by atoms with E-state index in [9.17, 15) is 9.59 Å². The maximum absolute atomic E-state index is 12.6. The number of hydrogen-bond acceptors (Lipinski definition) is 5. The molecular formula is C23H34N4O3S. The molecule has 0 spiro atoms. The number of carbonyl (C=O) groups is 2. The summed E-state index contributed by atoms with van der Waals surface area (Å²) >= 11 is 1.94. The number of ether oxygens (including phenoxy) is 1. The lowest BCUT2D eigenvalue weighted by atomic mass is 10.0. The monoisotopic (exact) mass is 446 g/mol. The van der Waals surface area contributed by atoms with Gasteiger partial charge in [-0.15, -0.1) is 0 Å². The van der Waals surface area contributed by atoms with E-state index in [0.29, 0.717) is 18.3 Å². The van der Waals surface area contributed by atoms with Gasteiger partial charge in [-0.25, -0.2) is 4.79 Å². The van der Waals surface area contributed by atoms with E-state index in [4.69, 9.17) is 4.74 Å². The van der Waals surface area contributed by atoms with Crippen molar-refractivity contribution in [3.05, 3.63) is 29.8 Å². The predicted molar refractivity (Wildman–Crippen MR) is 123 cm³/mol. The first-order valence-corrected chi connectivity index (χ1v) is 12.6. The van der Waals surface area contributed by atoms with E-state index >= 15 is 0 Å². The van der Waals surface area contributed by atoms with Gasteiger partial charge in [0.2, 0.25) is 5.91 Å². The van der Waals surface area contributed by atoms with Crippen molar-refractivity contribution in [3.8, 4) is 5.75 Å². The molecule has 0 bridgehead atoms. The van der Waals surface area contributed by atoms with Crippen LogP contribution in [0.3, 0.4) is 0 Å². The molecule has 3 aliphatic heterocycles. The number of rotatable bonds is 9. The Morgan fingerprint density at radius 2 is 1.90 bits per heavy atom. The minimum absolute atomic E-state index is 0.0304. The molecule has 0 aliphatic carbocycles. The summed E-state index contributed by atoms with van der Waals surface area (Å²) in [5.41, 5.74) is 1.28. The topological polar surface area (TPSA) is 73.9 Å². The molecule has 3 atom stereocenters. The molecule has 2 N–H and O–H groups in total. The average Bonchev–Trinajstić information content (AvgIpc) is 3.32. The standard InChI is InChI=1S/C23H34N4O3S/c1-2-30-18-9-7-17(8-10-18)15-26-11-13-27(14-12-26)21(28)6-4-3-5-20-22-19(16-31-20)24-23(29)25-22/h7-10,19-20,22H,2-6,11-16H2,1H3,(H2,24,25,29). The quantitative estimate of drug-likeness (QED) is 0.450. The van der Waals surface area contributed by atoms with Crippen molar-refractivity contribution in [1.82, 2.24) is 20.4 Å². The normalized spacial score (nSPS) is 25.8. The second-order valence-corrected chi connectivity index (χ2v) is 9.87. The lowest BCUT2D eigenvalue weighted by molar-refractivity contribution is -0.133. The van der Waals surface area contributed by atoms with Crippen molar-refractivity contribution in [2.75, 3.05) is 38.5 Å². The number of hydrogen-bond donors (Lipinski definition) is 2.